The maximum atomic E-state index is 10.4. The summed E-state index contributed by atoms with van der Waals surface area (Å²) in [6.07, 6.45) is 5.49. The number of carboxylic acid groups (broad SMARTS) is 1. The molecule has 0 bridgehead atoms. The molecule has 0 spiro atoms. The molecule has 2 rings (SSSR count). The van der Waals surface area contributed by atoms with Crippen LogP contribution in [0.2, 0.25) is 0 Å². The standard InChI is InChI=1S/C14H16N2O2/c1-11-9-15-16(10-11)13-7-5-12(6-8-13)3-2-4-14(17)18/h5-10H,2-4H2,1H3,(H,17,18). The Hall–Kier alpha value is -2.10. The van der Waals surface area contributed by atoms with Crippen LogP contribution in [0, 0.1) is 6.92 Å². The number of rotatable bonds is 5. The molecule has 4 heteroatoms. The SMILES string of the molecule is Cc1cnn(-c2ccc(CCCC(=O)O)cc2)c1. The fourth-order valence-corrected chi connectivity index (χ4v) is 1.81. The van der Waals surface area contributed by atoms with Crippen LogP contribution in [0.3, 0.4) is 0 Å². The lowest BCUT2D eigenvalue weighted by atomic mass is 10.1. The number of hydrogen-bond acceptors (Lipinski definition) is 2. The molecule has 0 saturated carbocycles. The van der Waals surface area contributed by atoms with Gasteiger partial charge in [-0.1, -0.05) is 12.1 Å². The Balaban J connectivity index is 1.99. The largest absolute Gasteiger partial charge is 0.481 e. The van der Waals surface area contributed by atoms with Crippen LogP contribution in [0.25, 0.3) is 5.69 Å². The molecule has 0 fully saturated rings. The highest BCUT2D eigenvalue weighted by Gasteiger charge is 2.00. The third kappa shape index (κ3) is 3.20. The number of hydrogen-bond donors (Lipinski definition) is 1. The predicted octanol–water partition coefficient (Wildman–Crippen LogP) is 2.59. The number of carboxylic acids is 1. The van der Waals surface area contributed by atoms with Gasteiger partial charge in [-0.15, -0.1) is 0 Å². The monoisotopic (exact) mass is 244 g/mol. The van der Waals surface area contributed by atoms with Gasteiger partial charge in [-0.3, -0.25) is 4.79 Å². The van der Waals surface area contributed by atoms with Crippen molar-refractivity contribution in [2.45, 2.75) is 26.2 Å². The molecule has 0 unspecified atom stereocenters. The summed E-state index contributed by atoms with van der Waals surface area (Å²) >= 11 is 0. The molecule has 0 amide bonds. The van der Waals surface area contributed by atoms with Crippen molar-refractivity contribution in [3.05, 3.63) is 47.8 Å². The summed E-state index contributed by atoms with van der Waals surface area (Å²) in [4.78, 5) is 10.4. The minimum atomic E-state index is -0.737. The molecule has 0 aliphatic carbocycles. The van der Waals surface area contributed by atoms with E-state index >= 15 is 0 Å². The van der Waals surface area contributed by atoms with E-state index in [-0.39, 0.29) is 6.42 Å². The van der Waals surface area contributed by atoms with Gasteiger partial charge in [0.15, 0.2) is 0 Å². The van der Waals surface area contributed by atoms with Gasteiger partial charge in [-0.25, -0.2) is 4.68 Å². The lowest BCUT2D eigenvalue weighted by molar-refractivity contribution is -0.137. The van der Waals surface area contributed by atoms with Gasteiger partial charge in [0.05, 0.1) is 11.9 Å². The fourth-order valence-electron chi connectivity index (χ4n) is 1.81. The zero-order valence-electron chi connectivity index (χ0n) is 10.3. The maximum Gasteiger partial charge on any atom is 0.303 e. The van der Waals surface area contributed by atoms with Crippen molar-refractivity contribution in [1.82, 2.24) is 9.78 Å². The Bertz CT molecular complexity index is 529. The van der Waals surface area contributed by atoms with Crippen molar-refractivity contribution in [1.29, 1.82) is 0 Å². The number of benzene rings is 1. The molecule has 1 aromatic heterocycles. The van der Waals surface area contributed by atoms with Crippen LogP contribution >= 0.6 is 0 Å². The molecule has 1 aromatic carbocycles. The highest BCUT2D eigenvalue weighted by Crippen LogP contribution is 2.11. The van der Waals surface area contributed by atoms with Crippen LogP contribution in [0.1, 0.15) is 24.0 Å². The van der Waals surface area contributed by atoms with Gasteiger partial charge < -0.3 is 5.11 Å². The first kappa shape index (κ1) is 12.4. The van der Waals surface area contributed by atoms with E-state index in [2.05, 4.69) is 5.10 Å². The molecule has 0 aliphatic rings. The average Bonchev–Trinajstić information content (AvgIpc) is 2.76. The van der Waals surface area contributed by atoms with Gasteiger partial charge >= 0.3 is 5.97 Å². The summed E-state index contributed by atoms with van der Waals surface area (Å²) in [6.45, 7) is 2.00. The Morgan fingerprint density at radius 2 is 2.06 bits per heavy atom. The van der Waals surface area contributed by atoms with Gasteiger partial charge in [-0.2, -0.15) is 5.10 Å². The summed E-state index contributed by atoms with van der Waals surface area (Å²) < 4.78 is 1.83. The fraction of sp³-hybridized carbons (Fsp3) is 0.286. The molecular weight excluding hydrogens is 228 g/mol. The number of carbonyl (C=O) groups is 1. The van der Waals surface area contributed by atoms with Gasteiger partial charge in [-0.05, 0) is 43.0 Å². The summed E-state index contributed by atoms with van der Waals surface area (Å²) in [7, 11) is 0. The van der Waals surface area contributed by atoms with Gasteiger partial charge in [0.1, 0.15) is 0 Å². The van der Waals surface area contributed by atoms with Crippen LogP contribution < -0.4 is 0 Å². The Morgan fingerprint density at radius 3 is 2.61 bits per heavy atom. The Labute approximate surface area is 106 Å². The second kappa shape index (κ2) is 5.49. The van der Waals surface area contributed by atoms with Gasteiger partial charge in [0.2, 0.25) is 0 Å². The predicted molar refractivity (Wildman–Crippen MR) is 68.9 cm³/mol. The third-order valence-electron chi connectivity index (χ3n) is 2.77. The molecule has 0 saturated heterocycles. The lowest BCUT2D eigenvalue weighted by Gasteiger charge is -2.03. The lowest BCUT2D eigenvalue weighted by Crippen LogP contribution is -1.97. The molecule has 1 N–H and O–H groups in total. The van der Waals surface area contributed by atoms with E-state index in [1.165, 1.54) is 0 Å². The second-order valence-corrected chi connectivity index (χ2v) is 4.38. The van der Waals surface area contributed by atoms with Crippen molar-refractivity contribution in [2.24, 2.45) is 0 Å². The molecule has 0 aliphatic heterocycles. The molecule has 4 nitrogen and oxygen atoms in total. The molecule has 1 heterocycles. The molecule has 0 radical (unpaired) electrons. The zero-order chi connectivity index (χ0) is 13.0. The molecule has 94 valence electrons. The van der Waals surface area contributed by atoms with Gasteiger partial charge in [0.25, 0.3) is 0 Å². The molecule has 18 heavy (non-hydrogen) atoms. The maximum absolute atomic E-state index is 10.4. The van der Waals surface area contributed by atoms with E-state index in [9.17, 15) is 4.79 Å². The molecule has 2 aromatic rings. The smallest absolute Gasteiger partial charge is 0.303 e. The molecular formula is C14H16N2O2. The van der Waals surface area contributed by atoms with E-state index in [0.717, 1.165) is 23.2 Å². The first-order valence-corrected chi connectivity index (χ1v) is 5.97. The topological polar surface area (TPSA) is 55.1 Å². The van der Waals surface area contributed by atoms with Crippen LogP contribution in [0.4, 0.5) is 0 Å². The first-order chi connectivity index (χ1) is 8.65. The third-order valence-corrected chi connectivity index (χ3v) is 2.77. The highest BCUT2D eigenvalue weighted by molar-refractivity contribution is 5.66. The first-order valence-electron chi connectivity index (χ1n) is 5.97. The van der Waals surface area contributed by atoms with Crippen molar-refractivity contribution >= 4 is 5.97 Å². The summed E-state index contributed by atoms with van der Waals surface area (Å²) in [5, 5.41) is 12.8. The van der Waals surface area contributed by atoms with E-state index in [4.69, 9.17) is 5.11 Å². The number of aromatic nitrogens is 2. The number of aliphatic carboxylic acids is 1. The van der Waals surface area contributed by atoms with Crippen molar-refractivity contribution in [3.8, 4) is 5.69 Å². The minimum absolute atomic E-state index is 0.222. The van der Waals surface area contributed by atoms with Crippen molar-refractivity contribution in [3.63, 3.8) is 0 Å². The van der Waals surface area contributed by atoms with Crippen LogP contribution in [-0.4, -0.2) is 20.9 Å². The average molecular weight is 244 g/mol. The summed E-state index contributed by atoms with van der Waals surface area (Å²) in [5.41, 5.74) is 3.30. The number of aryl methyl sites for hydroxylation is 2. The second-order valence-electron chi connectivity index (χ2n) is 4.38. The van der Waals surface area contributed by atoms with Crippen molar-refractivity contribution < 1.29 is 9.90 Å². The number of nitrogens with zero attached hydrogens (tertiary/aromatic N) is 2. The molecule has 0 atom stereocenters. The van der Waals surface area contributed by atoms with E-state index in [1.807, 2.05) is 48.3 Å². The zero-order valence-corrected chi connectivity index (χ0v) is 10.3. The van der Waals surface area contributed by atoms with Crippen LogP contribution in [0.15, 0.2) is 36.7 Å². The van der Waals surface area contributed by atoms with Gasteiger partial charge in [0, 0.05) is 12.6 Å². The summed E-state index contributed by atoms with van der Waals surface area (Å²) in [6, 6.07) is 8.05. The van der Waals surface area contributed by atoms with E-state index < -0.39 is 5.97 Å². The quantitative estimate of drug-likeness (QED) is 0.879. The highest BCUT2D eigenvalue weighted by atomic mass is 16.4. The van der Waals surface area contributed by atoms with Crippen LogP contribution in [0.5, 0.6) is 0 Å². The minimum Gasteiger partial charge on any atom is -0.481 e. The Morgan fingerprint density at radius 1 is 1.33 bits per heavy atom. The Kier molecular flexibility index (Phi) is 3.77. The van der Waals surface area contributed by atoms with E-state index in [0.29, 0.717) is 6.42 Å². The normalized spacial score (nSPS) is 10.5. The van der Waals surface area contributed by atoms with E-state index in [1.54, 1.807) is 0 Å². The van der Waals surface area contributed by atoms with Crippen molar-refractivity contribution in [2.75, 3.05) is 0 Å². The summed E-state index contributed by atoms with van der Waals surface area (Å²) in [5.74, 6) is -0.737. The van der Waals surface area contributed by atoms with Crippen LogP contribution in [-0.2, 0) is 11.2 Å².